The Morgan fingerprint density at radius 1 is 1.07 bits per heavy atom. The summed E-state index contributed by atoms with van der Waals surface area (Å²) in [6, 6.07) is 14.6. The number of hydrogen-bond donors (Lipinski definition) is 2. The Morgan fingerprint density at radius 3 is 2.28 bits per heavy atom. The van der Waals surface area contributed by atoms with Gasteiger partial charge in [-0.1, -0.05) is 57.5 Å². The second kappa shape index (κ2) is 11.4. The van der Waals surface area contributed by atoms with Crippen LogP contribution in [0.1, 0.15) is 56.8 Å². The lowest BCUT2D eigenvalue weighted by molar-refractivity contribution is 0.102. The lowest BCUT2D eigenvalue weighted by atomic mass is 9.86. The molecule has 2 rings (SSSR count). The van der Waals surface area contributed by atoms with E-state index in [0.29, 0.717) is 6.54 Å². The second-order valence-corrected chi connectivity index (χ2v) is 8.36. The summed E-state index contributed by atoms with van der Waals surface area (Å²) in [5, 5.41) is 13.9. The number of nitrogens with one attached hydrogen (secondary N) is 1. The molecular weight excluding hydrogens is 386 g/mol. The van der Waals surface area contributed by atoms with E-state index in [-0.39, 0.29) is 30.5 Å². The number of methoxy groups -OCH3 is 1. The van der Waals surface area contributed by atoms with Crippen molar-refractivity contribution < 1.29 is 14.6 Å². The minimum atomic E-state index is -0.589. The standard InChI is InChI=1S/C24H35NO3.ClH/c1-7-22(18-10-8-17(2)9-11-18)25-15-19(26)16-28-23-13-12-20(27-6)14-21(23)24(3,4)5;/h8-14,19,22,25-26H,7,15-16H2,1-6H3;1H. The maximum absolute atomic E-state index is 10.4. The summed E-state index contributed by atoms with van der Waals surface area (Å²) in [6.45, 7) is 11.4. The molecule has 0 saturated heterocycles. The molecule has 5 heteroatoms. The van der Waals surface area contributed by atoms with Gasteiger partial charge in [-0.05, 0) is 42.5 Å². The van der Waals surface area contributed by atoms with Gasteiger partial charge in [-0.15, -0.1) is 12.4 Å². The van der Waals surface area contributed by atoms with Gasteiger partial charge in [-0.3, -0.25) is 0 Å². The van der Waals surface area contributed by atoms with Crippen molar-refractivity contribution in [3.63, 3.8) is 0 Å². The number of benzene rings is 2. The van der Waals surface area contributed by atoms with E-state index >= 15 is 0 Å². The topological polar surface area (TPSA) is 50.7 Å². The molecule has 0 aliphatic rings. The van der Waals surface area contributed by atoms with Crippen molar-refractivity contribution in [2.24, 2.45) is 0 Å². The maximum Gasteiger partial charge on any atom is 0.123 e. The highest BCUT2D eigenvalue weighted by atomic mass is 35.5. The van der Waals surface area contributed by atoms with Gasteiger partial charge in [0, 0.05) is 18.2 Å². The van der Waals surface area contributed by atoms with Crippen LogP contribution < -0.4 is 14.8 Å². The van der Waals surface area contributed by atoms with Crippen molar-refractivity contribution in [3.05, 3.63) is 59.2 Å². The fraction of sp³-hybridized carbons (Fsp3) is 0.500. The molecule has 2 atom stereocenters. The van der Waals surface area contributed by atoms with E-state index in [4.69, 9.17) is 9.47 Å². The molecule has 0 aliphatic heterocycles. The van der Waals surface area contributed by atoms with Crippen LogP contribution >= 0.6 is 12.4 Å². The summed E-state index contributed by atoms with van der Waals surface area (Å²) in [4.78, 5) is 0. The molecule has 0 heterocycles. The van der Waals surface area contributed by atoms with Crippen LogP contribution in [-0.4, -0.2) is 31.5 Å². The van der Waals surface area contributed by atoms with Crippen molar-refractivity contribution in [2.75, 3.05) is 20.3 Å². The molecule has 2 aromatic carbocycles. The summed E-state index contributed by atoms with van der Waals surface area (Å²) >= 11 is 0. The van der Waals surface area contributed by atoms with Crippen LogP contribution in [0.4, 0.5) is 0 Å². The van der Waals surface area contributed by atoms with Crippen molar-refractivity contribution in [1.82, 2.24) is 5.32 Å². The minimum Gasteiger partial charge on any atom is -0.497 e. The molecule has 2 N–H and O–H groups in total. The highest BCUT2D eigenvalue weighted by Crippen LogP contribution is 2.34. The maximum atomic E-state index is 10.4. The Morgan fingerprint density at radius 2 is 1.72 bits per heavy atom. The predicted molar refractivity (Wildman–Crippen MR) is 123 cm³/mol. The van der Waals surface area contributed by atoms with Gasteiger partial charge in [0.05, 0.1) is 7.11 Å². The Kier molecular flexibility index (Phi) is 9.97. The SMILES string of the molecule is CCC(NCC(O)COc1ccc(OC)cc1C(C)(C)C)c1ccc(C)cc1.Cl. The van der Waals surface area contributed by atoms with Crippen LogP contribution in [0, 0.1) is 6.92 Å². The quantitative estimate of drug-likeness (QED) is 0.584. The van der Waals surface area contributed by atoms with E-state index in [0.717, 1.165) is 23.5 Å². The van der Waals surface area contributed by atoms with Crippen molar-refractivity contribution in [1.29, 1.82) is 0 Å². The lowest BCUT2D eigenvalue weighted by Gasteiger charge is -2.25. The first-order valence-electron chi connectivity index (χ1n) is 10.0. The summed E-state index contributed by atoms with van der Waals surface area (Å²) in [5.41, 5.74) is 3.48. The molecule has 0 aromatic heterocycles. The summed E-state index contributed by atoms with van der Waals surface area (Å²) in [6.07, 6.45) is 0.373. The van der Waals surface area contributed by atoms with E-state index in [1.54, 1.807) is 7.11 Å². The number of rotatable bonds is 9. The smallest absolute Gasteiger partial charge is 0.123 e. The normalized spacial score (nSPS) is 13.3. The number of hydrogen-bond acceptors (Lipinski definition) is 4. The van der Waals surface area contributed by atoms with Gasteiger partial charge in [0.1, 0.15) is 24.2 Å². The van der Waals surface area contributed by atoms with Crippen LogP contribution in [-0.2, 0) is 5.41 Å². The molecule has 162 valence electrons. The van der Waals surface area contributed by atoms with E-state index in [9.17, 15) is 5.11 Å². The molecule has 0 radical (unpaired) electrons. The molecule has 4 nitrogen and oxygen atoms in total. The molecule has 0 fully saturated rings. The summed E-state index contributed by atoms with van der Waals surface area (Å²) in [7, 11) is 1.66. The van der Waals surface area contributed by atoms with Gasteiger partial charge >= 0.3 is 0 Å². The fourth-order valence-corrected chi connectivity index (χ4v) is 3.17. The Bertz CT molecular complexity index is 741. The van der Waals surface area contributed by atoms with Gasteiger partial charge < -0.3 is 19.9 Å². The number of aryl methyl sites for hydroxylation is 1. The van der Waals surface area contributed by atoms with E-state index in [2.05, 4.69) is 64.2 Å². The van der Waals surface area contributed by atoms with E-state index in [1.807, 2.05) is 18.2 Å². The highest BCUT2D eigenvalue weighted by Gasteiger charge is 2.21. The first-order valence-corrected chi connectivity index (χ1v) is 10.0. The number of aliphatic hydroxyl groups is 1. The predicted octanol–water partition coefficient (Wildman–Crippen LogP) is 5.20. The monoisotopic (exact) mass is 421 g/mol. The zero-order valence-corrected chi connectivity index (χ0v) is 19.3. The number of halogens is 1. The van der Waals surface area contributed by atoms with Crippen LogP contribution in [0.25, 0.3) is 0 Å². The Labute approximate surface area is 182 Å². The third kappa shape index (κ3) is 7.54. The third-order valence-electron chi connectivity index (χ3n) is 4.91. The molecule has 0 amide bonds. The molecule has 0 spiro atoms. The molecule has 0 bridgehead atoms. The van der Waals surface area contributed by atoms with Gasteiger partial charge in [-0.25, -0.2) is 0 Å². The minimum absolute atomic E-state index is 0. The molecule has 0 saturated carbocycles. The van der Waals surface area contributed by atoms with Crippen LogP contribution in [0.3, 0.4) is 0 Å². The average molecular weight is 422 g/mol. The largest absolute Gasteiger partial charge is 0.497 e. The van der Waals surface area contributed by atoms with Crippen LogP contribution in [0.15, 0.2) is 42.5 Å². The van der Waals surface area contributed by atoms with Gasteiger partial charge in [0.25, 0.3) is 0 Å². The number of aliphatic hydroxyl groups excluding tert-OH is 1. The van der Waals surface area contributed by atoms with E-state index < -0.39 is 6.10 Å². The first-order chi connectivity index (χ1) is 13.2. The van der Waals surface area contributed by atoms with Crippen molar-refractivity contribution in [3.8, 4) is 11.5 Å². The summed E-state index contributed by atoms with van der Waals surface area (Å²) in [5.74, 6) is 1.60. The van der Waals surface area contributed by atoms with Gasteiger partial charge in [0.15, 0.2) is 0 Å². The van der Waals surface area contributed by atoms with Gasteiger partial charge in [-0.2, -0.15) is 0 Å². The Hall–Kier alpha value is -1.75. The number of ether oxygens (including phenoxy) is 2. The highest BCUT2D eigenvalue weighted by molar-refractivity contribution is 5.85. The van der Waals surface area contributed by atoms with Crippen molar-refractivity contribution >= 4 is 12.4 Å². The molecular formula is C24H36ClNO3. The third-order valence-corrected chi connectivity index (χ3v) is 4.91. The zero-order chi connectivity index (χ0) is 20.7. The summed E-state index contributed by atoms with van der Waals surface area (Å²) < 4.78 is 11.3. The first kappa shape index (κ1) is 25.3. The van der Waals surface area contributed by atoms with Crippen LogP contribution in [0.2, 0.25) is 0 Å². The van der Waals surface area contributed by atoms with Gasteiger partial charge in [0.2, 0.25) is 0 Å². The van der Waals surface area contributed by atoms with E-state index in [1.165, 1.54) is 11.1 Å². The fourth-order valence-electron chi connectivity index (χ4n) is 3.17. The average Bonchev–Trinajstić information content (AvgIpc) is 2.67. The molecule has 2 aromatic rings. The molecule has 2 unspecified atom stereocenters. The zero-order valence-electron chi connectivity index (χ0n) is 18.5. The second-order valence-electron chi connectivity index (χ2n) is 8.36. The molecule has 29 heavy (non-hydrogen) atoms. The molecule has 0 aliphatic carbocycles. The lowest BCUT2D eigenvalue weighted by Crippen LogP contribution is -2.34. The Balaban J connectivity index is 0.00000420. The van der Waals surface area contributed by atoms with Crippen molar-refractivity contribution in [2.45, 2.75) is 58.6 Å². The van der Waals surface area contributed by atoms with Crippen LogP contribution in [0.5, 0.6) is 11.5 Å².